The smallest absolute Gasteiger partial charge is 0.275 e. The number of carbonyl (C=O) groups excluding carboxylic acids is 1. The first-order valence-corrected chi connectivity index (χ1v) is 8.57. The summed E-state index contributed by atoms with van der Waals surface area (Å²) in [6, 6.07) is 19.5. The first-order valence-electron chi connectivity index (χ1n) is 7.82. The summed E-state index contributed by atoms with van der Waals surface area (Å²) in [5.74, 6) is 1.10. The van der Waals surface area contributed by atoms with Crippen molar-refractivity contribution < 1.29 is 9.53 Å². The predicted octanol–water partition coefficient (Wildman–Crippen LogP) is 5.86. The van der Waals surface area contributed by atoms with Crippen molar-refractivity contribution in [2.45, 2.75) is 0 Å². The van der Waals surface area contributed by atoms with Gasteiger partial charge in [-0.1, -0.05) is 23.2 Å². The lowest BCUT2D eigenvalue weighted by atomic mass is 10.1. The van der Waals surface area contributed by atoms with Gasteiger partial charge in [-0.2, -0.15) is 0 Å². The third kappa shape index (κ3) is 3.43. The quantitative estimate of drug-likeness (QED) is 0.616. The second kappa shape index (κ2) is 6.83. The van der Waals surface area contributed by atoms with Gasteiger partial charge in [-0.25, -0.2) is 4.99 Å². The summed E-state index contributed by atoms with van der Waals surface area (Å²) in [4.78, 5) is 16.6. The third-order valence-corrected chi connectivity index (χ3v) is 4.31. The van der Waals surface area contributed by atoms with E-state index in [0.29, 0.717) is 44.2 Å². The molecule has 4 rings (SSSR count). The highest BCUT2D eigenvalue weighted by Crippen LogP contribution is 2.30. The molecule has 3 aromatic carbocycles. The maximum absolute atomic E-state index is 12.2. The van der Waals surface area contributed by atoms with Gasteiger partial charge in [0.1, 0.15) is 17.2 Å². The number of amides is 1. The number of nitrogens with one attached hydrogen (secondary N) is 1. The van der Waals surface area contributed by atoms with Crippen LogP contribution in [0.3, 0.4) is 0 Å². The molecule has 1 aliphatic heterocycles. The van der Waals surface area contributed by atoms with Crippen molar-refractivity contribution in [3.63, 3.8) is 0 Å². The predicted molar refractivity (Wildman–Crippen MR) is 104 cm³/mol. The molecule has 1 N–H and O–H groups in total. The molecule has 0 atom stereocenters. The Bertz CT molecular complexity index is 1010. The number of hydrogen-bond donors (Lipinski definition) is 1. The average Bonchev–Trinajstić information content (AvgIpc) is 2.94. The highest BCUT2D eigenvalue weighted by molar-refractivity contribution is 6.54. The number of aliphatic imine (C=N–C) groups is 1. The Morgan fingerprint density at radius 2 is 1.42 bits per heavy atom. The number of rotatable bonds is 3. The van der Waals surface area contributed by atoms with Crippen LogP contribution >= 0.6 is 23.2 Å². The molecule has 1 amide bonds. The van der Waals surface area contributed by atoms with Crippen LogP contribution in [0.25, 0.3) is 0 Å². The van der Waals surface area contributed by atoms with Crippen molar-refractivity contribution in [1.82, 2.24) is 0 Å². The lowest BCUT2D eigenvalue weighted by Gasteiger charge is -2.06. The van der Waals surface area contributed by atoms with Crippen LogP contribution in [0.5, 0.6) is 11.5 Å². The molecule has 0 fully saturated rings. The molecule has 0 unspecified atom stereocenters. The fraction of sp³-hybridized carbons (Fsp3) is 0. The second-order valence-corrected chi connectivity index (χ2v) is 6.53. The number of nitrogens with zero attached hydrogens (tertiary/aromatic N) is 1. The van der Waals surface area contributed by atoms with Crippen molar-refractivity contribution >= 4 is 46.2 Å². The number of fused-ring (bicyclic) bond motifs is 1. The minimum Gasteiger partial charge on any atom is -0.457 e. The van der Waals surface area contributed by atoms with Crippen LogP contribution in [0.4, 0.5) is 11.4 Å². The Morgan fingerprint density at radius 3 is 2.12 bits per heavy atom. The van der Waals surface area contributed by atoms with E-state index >= 15 is 0 Å². The first-order chi connectivity index (χ1) is 12.6. The molecular weight excluding hydrogens is 371 g/mol. The zero-order valence-corrected chi connectivity index (χ0v) is 14.9. The molecule has 1 aliphatic rings. The molecule has 0 saturated heterocycles. The number of anilines is 1. The second-order valence-electron chi connectivity index (χ2n) is 5.65. The van der Waals surface area contributed by atoms with Gasteiger partial charge in [-0.05, 0) is 66.7 Å². The summed E-state index contributed by atoms with van der Waals surface area (Å²) in [7, 11) is 0. The van der Waals surface area contributed by atoms with E-state index in [1.165, 1.54) is 0 Å². The Morgan fingerprint density at radius 1 is 0.808 bits per heavy atom. The van der Waals surface area contributed by atoms with E-state index in [2.05, 4.69) is 10.3 Å². The Balaban J connectivity index is 1.58. The Labute approximate surface area is 160 Å². The Hall–Kier alpha value is -2.82. The van der Waals surface area contributed by atoms with Gasteiger partial charge in [0, 0.05) is 15.6 Å². The van der Waals surface area contributed by atoms with Gasteiger partial charge >= 0.3 is 0 Å². The molecule has 4 nitrogen and oxygen atoms in total. The van der Waals surface area contributed by atoms with Crippen molar-refractivity contribution in [2.75, 3.05) is 5.32 Å². The van der Waals surface area contributed by atoms with Gasteiger partial charge in [-0.15, -0.1) is 0 Å². The SMILES string of the molecule is O=C1Nc2ccc(Cl)cc2C1=Nc1ccc(Oc2ccc(Cl)cc2)cc1. The molecule has 0 aliphatic carbocycles. The average molecular weight is 383 g/mol. The molecule has 6 heteroatoms. The van der Waals surface area contributed by atoms with Gasteiger partial charge in [-0.3, -0.25) is 4.79 Å². The number of carbonyl (C=O) groups is 1. The summed E-state index contributed by atoms with van der Waals surface area (Å²) < 4.78 is 5.75. The van der Waals surface area contributed by atoms with Crippen LogP contribution in [-0.4, -0.2) is 11.6 Å². The number of ether oxygens (including phenoxy) is 1. The summed E-state index contributed by atoms with van der Waals surface area (Å²) in [5.41, 5.74) is 2.39. The maximum atomic E-state index is 12.2. The topological polar surface area (TPSA) is 50.7 Å². The van der Waals surface area contributed by atoms with Crippen molar-refractivity contribution in [3.05, 3.63) is 82.3 Å². The van der Waals surface area contributed by atoms with Crippen molar-refractivity contribution in [3.8, 4) is 11.5 Å². The highest BCUT2D eigenvalue weighted by atomic mass is 35.5. The Kier molecular flexibility index (Phi) is 4.37. The molecular formula is C20H12Cl2N2O2. The van der Waals surface area contributed by atoms with E-state index < -0.39 is 0 Å². The van der Waals surface area contributed by atoms with E-state index in [9.17, 15) is 4.79 Å². The van der Waals surface area contributed by atoms with E-state index in [1.54, 1.807) is 66.7 Å². The van der Waals surface area contributed by atoms with Crippen molar-refractivity contribution in [2.24, 2.45) is 4.99 Å². The van der Waals surface area contributed by atoms with Gasteiger partial charge in [0.2, 0.25) is 0 Å². The van der Waals surface area contributed by atoms with E-state index in [4.69, 9.17) is 27.9 Å². The van der Waals surface area contributed by atoms with Crippen LogP contribution in [0.15, 0.2) is 71.7 Å². The normalized spacial score (nSPS) is 14.2. The zero-order valence-electron chi connectivity index (χ0n) is 13.4. The molecule has 0 saturated carbocycles. The minimum atomic E-state index is -0.247. The van der Waals surface area contributed by atoms with Gasteiger partial charge < -0.3 is 10.1 Å². The molecule has 26 heavy (non-hydrogen) atoms. The molecule has 0 spiro atoms. The van der Waals surface area contributed by atoms with E-state index in [1.807, 2.05) is 0 Å². The van der Waals surface area contributed by atoms with Crippen molar-refractivity contribution in [1.29, 1.82) is 0 Å². The molecule has 128 valence electrons. The van der Waals surface area contributed by atoms with Crippen LogP contribution in [-0.2, 0) is 4.79 Å². The molecule has 0 radical (unpaired) electrons. The van der Waals surface area contributed by atoms with Crippen LogP contribution in [0, 0.1) is 0 Å². The summed E-state index contributed by atoms with van der Waals surface area (Å²) in [5, 5.41) is 3.99. The molecule has 3 aromatic rings. The van der Waals surface area contributed by atoms with E-state index in [0.717, 1.165) is 0 Å². The fourth-order valence-corrected chi connectivity index (χ4v) is 2.89. The fourth-order valence-electron chi connectivity index (χ4n) is 2.59. The lowest BCUT2D eigenvalue weighted by molar-refractivity contribution is -0.110. The molecule has 0 aromatic heterocycles. The number of benzene rings is 3. The van der Waals surface area contributed by atoms with E-state index in [-0.39, 0.29) is 5.91 Å². The zero-order chi connectivity index (χ0) is 18.1. The summed E-state index contributed by atoms with van der Waals surface area (Å²) in [6.45, 7) is 0. The van der Waals surface area contributed by atoms with Crippen LogP contribution < -0.4 is 10.1 Å². The third-order valence-electron chi connectivity index (χ3n) is 3.83. The summed E-state index contributed by atoms with van der Waals surface area (Å²) >= 11 is 11.9. The highest BCUT2D eigenvalue weighted by Gasteiger charge is 2.26. The van der Waals surface area contributed by atoms with Gasteiger partial charge in [0.25, 0.3) is 5.91 Å². The monoisotopic (exact) mass is 382 g/mol. The van der Waals surface area contributed by atoms with Gasteiger partial charge in [0.05, 0.1) is 11.4 Å². The largest absolute Gasteiger partial charge is 0.457 e. The lowest BCUT2D eigenvalue weighted by Crippen LogP contribution is -2.13. The van der Waals surface area contributed by atoms with Crippen LogP contribution in [0.1, 0.15) is 5.56 Å². The summed E-state index contributed by atoms with van der Waals surface area (Å²) in [6.07, 6.45) is 0. The minimum absolute atomic E-state index is 0.247. The molecule has 1 heterocycles. The number of hydrogen-bond acceptors (Lipinski definition) is 3. The number of halogens is 2. The standard InChI is InChI=1S/C20H12Cl2N2O2/c21-12-1-6-15(7-2-12)26-16-8-4-14(5-9-16)23-19-17-11-13(22)3-10-18(17)24-20(19)25/h1-11H,(H,23,24,25). The molecule has 0 bridgehead atoms. The maximum Gasteiger partial charge on any atom is 0.275 e. The van der Waals surface area contributed by atoms with Crippen LogP contribution in [0.2, 0.25) is 10.0 Å². The van der Waals surface area contributed by atoms with Gasteiger partial charge in [0.15, 0.2) is 0 Å². The first kappa shape index (κ1) is 16.6.